The van der Waals surface area contributed by atoms with Crippen LogP contribution in [0.2, 0.25) is 0 Å². The molecule has 3 aromatic rings. The minimum absolute atomic E-state index is 0.0974. The first-order valence-corrected chi connectivity index (χ1v) is 11.2. The molecule has 0 bridgehead atoms. The summed E-state index contributed by atoms with van der Waals surface area (Å²) >= 11 is 1.53. The Balaban J connectivity index is 1.49. The van der Waals surface area contributed by atoms with Crippen LogP contribution < -0.4 is 11.1 Å². The molecular formula is C22H25F2N7OS. The number of para-hydroxylation sites is 1. The second-order valence-corrected chi connectivity index (χ2v) is 8.98. The summed E-state index contributed by atoms with van der Waals surface area (Å²) in [6.45, 7) is 0.596. The van der Waals surface area contributed by atoms with Gasteiger partial charge in [0.15, 0.2) is 0 Å². The lowest BCUT2D eigenvalue weighted by Crippen LogP contribution is -2.29. The number of fused-ring (bicyclic) bond motifs is 1. The minimum Gasteiger partial charge on any atom is -0.402 e. The van der Waals surface area contributed by atoms with E-state index in [1.807, 2.05) is 24.6 Å². The van der Waals surface area contributed by atoms with Crippen molar-refractivity contribution < 1.29 is 13.6 Å². The average molecular weight is 474 g/mol. The van der Waals surface area contributed by atoms with Gasteiger partial charge in [-0.15, -0.1) is 0 Å². The summed E-state index contributed by atoms with van der Waals surface area (Å²) in [7, 11) is 1.82. The first-order chi connectivity index (χ1) is 15.8. The van der Waals surface area contributed by atoms with E-state index >= 15 is 0 Å². The summed E-state index contributed by atoms with van der Waals surface area (Å²) in [4.78, 5) is 13.9. The van der Waals surface area contributed by atoms with E-state index in [1.54, 1.807) is 18.2 Å². The van der Waals surface area contributed by atoms with Crippen molar-refractivity contribution in [2.24, 2.45) is 12.8 Å². The van der Waals surface area contributed by atoms with Gasteiger partial charge in [-0.25, -0.2) is 8.99 Å². The fourth-order valence-corrected chi connectivity index (χ4v) is 4.94. The van der Waals surface area contributed by atoms with Crippen LogP contribution in [0.1, 0.15) is 34.7 Å². The number of rotatable bonds is 7. The number of aromatic nitrogens is 3. The molecule has 0 atom stereocenters. The lowest BCUT2D eigenvalue weighted by Gasteiger charge is -2.26. The zero-order valence-corrected chi connectivity index (χ0v) is 19.1. The Bertz CT molecular complexity index is 1250. The van der Waals surface area contributed by atoms with Crippen molar-refractivity contribution in [3.05, 3.63) is 58.7 Å². The Morgan fingerprint density at radius 1 is 1.42 bits per heavy atom. The minimum atomic E-state index is -2.76. The van der Waals surface area contributed by atoms with Crippen LogP contribution in [-0.2, 0) is 13.6 Å². The van der Waals surface area contributed by atoms with Crippen molar-refractivity contribution in [2.45, 2.75) is 31.3 Å². The smallest absolute Gasteiger partial charge is 0.333 e. The van der Waals surface area contributed by atoms with E-state index in [-0.39, 0.29) is 12.5 Å². The summed E-state index contributed by atoms with van der Waals surface area (Å²) in [6, 6.07) is 7.00. The van der Waals surface area contributed by atoms with Gasteiger partial charge in [0.2, 0.25) is 0 Å². The van der Waals surface area contributed by atoms with E-state index in [1.165, 1.54) is 24.4 Å². The largest absolute Gasteiger partial charge is 0.402 e. The number of halogens is 2. The predicted molar refractivity (Wildman–Crippen MR) is 124 cm³/mol. The van der Waals surface area contributed by atoms with Crippen molar-refractivity contribution in [3.8, 4) is 0 Å². The number of nitrogens with one attached hydrogen (secondary N) is 2. The normalized spacial score (nSPS) is 14.9. The molecular weight excluding hydrogens is 448 g/mol. The Morgan fingerprint density at radius 2 is 2.21 bits per heavy atom. The highest BCUT2D eigenvalue weighted by molar-refractivity contribution is 7.97. The summed E-state index contributed by atoms with van der Waals surface area (Å²) in [5.74, 6) is -0.296. The van der Waals surface area contributed by atoms with E-state index < -0.39 is 6.55 Å². The topological polar surface area (TPSA) is 105 Å². The number of hydrogen-bond acceptors (Lipinski definition) is 6. The molecule has 1 aromatic carbocycles. The average Bonchev–Trinajstić information content (AvgIpc) is 3.36. The number of hydrogen-bond donors (Lipinski definition) is 3. The molecule has 0 saturated carbocycles. The van der Waals surface area contributed by atoms with Gasteiger partial charge in [-0.1, -0.05) is 18.2 Å². The summed E-state index contributed by atoms with van der Waals surface area (Å²) in [5.41, 5.74) is 9.80. The maximum Gasteiger partial charge on any atom is 0.333 e. The van der Waals surface area contributed by atoms with Crippen LogP contribution in [-0.4, -0.2) is 43.9 Å². The van der Waals surface area contributed by atoms with E-state index in [0.717, 1.165) is 28.4 Å². The molecule has 0 spiro atoms. The SMILES string of the molecule is Cc1c(SN2CCC(N)=C(C=N)C2)cc(C(=O)NCc2cccc3cnn(C(F)F)c23)n1C. The second kappa shape index (κ2) is 9.36. The van der Waals surface area contributed by atoms with Crippen molar-refractivity contribution in [3.63, 3.8) is 0 Å². The molecule has 1 aliphatic rings. The standard InChI is InChI=1S/C22H25F2N7OS/c1-13-19(33-30-7-6-17(26)16(9-25)12-30)8-18(29(13)2)21(32)27-10-14-4-3-5-15-11-28-31(20(14)15)22(23)24/h3-5,8-9,11,22,25H,6-7,10,12,26H2,1-2H3,(H,27,32). The number of carbonyl (C=O) groups excluding carboxylic acids is 1. The fourth-order valence-electron chi connectivity index (χ4n) is 3.85. The monoisotopic (exact) mass is 473 g/mol. The number of alkyl halides is 2. The van der Waals surface area contributed by atoms with Crippen LogP contribution >= 0.6 is 11.9 Å². The van der Waals surface area contributed by atoms with Gasteiger partial charge in [-0.2, -0.15) is 13.9 Å². The number of nitrogens with two attached hydrogens (primary N) is 1. The van der Waals surface area contributed by atoms with E-state index in [4.69, 9.17) is 11.1 Å². The quantitative estimate of drug-likeness (QED) is 0.359. The Morgan fingerprint density at radius 3 is 2.94 bits per heavy atom. The molecule has 3 heterocycles. The lowest BCUT2D eigenvalue weighted by molar-refractivity contribution is 0.0613. The molecule has 0 radical (unpaired) electrons. The predicted octanol–water partition coefficient (Wildman–Crippen LogP) is 3.58. The van der Waals surface area contributed by atoms with Crippen molar-refractivity contribution >= 4 is 35.0 Å². The third-order valence-corrected chi connectivity index (χ3v) is 7.02. The first kappa shape index (κ1) is 23.0. The summed E-state index contributed by atoms with van der Waals surface area (Å²) in [5, 5.41) is 14.7. The van der Waals surface area contributed by atoms with Gasteiger partial charge in [0, 0.05) is 66.6 Å². The Labute approximate surface area is 194 Å². The molecule has 0 fully saturated rings. The van der Waals surface area contributed by atoms with Crippen LogP contribution in [0.4, 0.5) is 8.78 Å². The van der Waals surface area contributed by atoms with Gasteiger partial charge in [0.1, 0.15) is 5.69 Å². The third kappa shape index (κ3) is 4.51. The molecule has 1 amide bonds. The summed E-state index contributed by atoms with van der Waals surface area (Å²) in [6.07, 6.45) is 3.38. The van der Waals surface area contributed by atoms with Crippen LogP contribution in [0, 0.1) is 12.3 Å². The highest BCUT2D eigenvalue weighted by atomic mass is 32.2. The molecule has 2 aromatic heterocycles. The molecule has 8 nitrogen and oxygen atoms in total. The van der Waals surface area contributed by atoms with Gasteiger partial charge in [-0.05, 0) is 30.5 Å². The molecule has 0 unspecified atom stereocenters. The van der Waals surface area contributed by atoms with Crippen molar-refractivity contribution in [1.82, 2.24) is 24.0 Å². The molecule has 1 aliphatic heterocycles. The summed E-state index contributed by atoms with van der Waals surface area (Å²) < 4.78 is 31.2. The van der Waals surface area contributed by atoms with Gasteiger partial charge in [-0.3, -0.25) is 4.79 Å². The van der Waals surface area contributed by atoms with Gasteiger partial charge in [0.05, 0.1) is 11.7 Å². The highest BCUT2D eigenvalue weighted by Crippen LogP contribution is 2.31. The first-order valence-electron chi connectivity index (χ1n) is 10.4. The lowest BCUT2D eigenvalue weighted by atomic mass is 10.1. The van der Waals surface area contributed by atoms with E-state index in [2.05, 4.69) is 14.7 Å². The fraction of sp³-hybridized carbons (Fsp3) is 0.318. The maximum absolute atomic E-state index is 13.3. The Hall–Kier alpha value is -3.18. The van der Waals surface area contributed by atoms with Gasteiger partial charge < -0.3 is 21.0 Å². The maximum atomic E-state index is 13.3. The second-order valence-electron chi connectivity index (χ2n) is 7.84. The van der Waals surface area contributed by atoms with Crippen LogP contribution in [0.15, 0.2) is 46.6 Å². The number of amides is 1. The Kier molecular flexibility index (Phi) is 6.52. The van der Waals surface area contributed by atoms with Crippen LogP contribution in [0.5, 0.6) is 0 Å². The number of benzene rings is 1. The molecule has 4 N–H and O–H groups in total. The van der Waals surface area contributed by atoms with Crippen molar-refractivity contribution in [1.29, 1.82) is 5.41 Å². The number of carbonyl (C=O) groups is 1. The zero-order chi connectivity index (χ0) is 23.7. The molecule has 11 heteroatoms. The van der Waals surface area contributed by atoms with Gasteiger partial charge >= 0.3 is 6.55 Å². The number of nitrogens with zero attached hydrogens (tertiary/aromatic N) is 4. The molecule has 33 heavy (non-hydrogen) atoms. The zero-order valence-electron chi connectivity index (χ0n) is 18.3. The molecule has 4 rings (SSSR count). The van der Waals surface area contributed by atoms with Crippen molar-refractivity contribution in [2.75, 3.05) is 13.1 Å². The third-order valence-electron chi connectivity index (χ3n) is 5.84. The molecule has 0 aliphatic carbocycles. The van der Waals surface area contributed by atoms with Crippen LogP contribution in [0.25, 0.3) is 10.9 Å². The van der Waals surface area contributed by atoms with E-state index in [0.29, 0.717) is 39.8 Å². The van der Waals surface area contributed by atoms with Gasteiger partial charge in [0.25, 0.3) is 5.91 Å². The highest BCUT2D eigenvalue weighted by Gasteiger charge is 2.22. The molecule has 174 valence electrons. The molecule has 0 saturated heterocycles. The van der Waals surface area contributed by atoms with Crippen LogP contribution in [0.3, 0.4) is 0 Å². The van der Waals surface area contributed by atoms with E-state index in [9.17, 15) is 13.6 Å².